The smallest absolute Gasteiger partial charge is 0.223 e. The molecule has 27 heavy (non-hydrogen) atoms. The molecule has 1 saturated carbocycles. The van der Waals surface area contributed by atoms with Gasteiger partial charge in [0.15, 0.2) is 0 Å². The summed E-state index contributed by atoms with van der Waals surface area (Å²) in [5.41, 5.74) is 5.34. The number of amides is 1. The van der Waals surface area contributed by atoms with Crippen LogP contribution in [0.4, 0.5) is 5.69 Å². The second-order valence-electron chi connectivity index (χ2n) is 8.01. The van der Waals surface area contributed by atoms with Gasteiger partial charge in [-0.15, -0.1) is 0 Å². The Hall–Kier alpha value is -2.33. The maximum Gasteiger partial charge on any atom is 0.223 e. The Bertz CT molecular complexity index is 796. The predicted octanol–water partition coefficient (Wildman–Crippen LogP) is 3.38. The van der Waals surface area contributed by atoms with Gasteiger partial charge in [0.1, 0.15) is 0 Å². The van der Waals surface area contributed by atoms with Gasteiger partial charge in [-0.25, -0.2) is 0 Å². The number of benzene rings is 2. The second-order valence-corrected chi connectivity index (χ2v) is 8.01. The monoisotopic (exact) mass is 363 g/mol. The molecule has 1 amide bonds. The lowest BCUT2D eigenvalue weighted by molar-refractivity contribution is -0.122. The maximum atomic E-state index is 12.2. The van der Waals surface area contributed by atoms with Crippen molar-refractivity contribution >= 4 is 11.6 Å². The first-order chi connectivity index (χ1) is 13.1. The molecule has 1 N–H and O–H groups in total. The van der Waals surface area contributed by atoms with Gasteiger partial charge in [0.25, 0.3) is 0 Å². The molecule has 0 spiro atoms. The molecule has 1 heterocycles. The minimum atomic E-state index is 0.206. The van der Waals surface area contributed by atoms with Gasteiger partial charge in [-0.2, -0.15) is 0 Å². The van der Waals surface area contributed by atoms with Crippen LogP contribution in [0.3, 0.4) is 0 Å². The van der Waals surface area contributed by atoms with Gasteiger partial charge in [-0.1, -0.05) is 36.4 Å². The van der Waals surface area contributed by atoms with Crippen molar-refractivity contribution in [2.75, 3.05) is 32.1 Å². The second kappa shape index (κ2) is 7.73. The van der Waals surface area contributed by atoms with Crippen molar-refractivity contribution in [1.29, 1.82) is 0 Å². The third kappa shape index (κ3) is 4.16. The third-order valence-corrected chi connectivity index (χ3v) is 5.81. The predicted molar refractivity (Wildman–Crippen MR) is 110 cm³/mol. The number of nitrogens with zero attached hydrogens (tertiary/aromatic N) is 2. The molecule has 1 fully saturated rings. The standard InChI is InChI=1S/C23H29N3O/c1-25(2)21-11-9-18(10-12-21)22(15-24-23(27)19-7-8-19)26-14-13-17-5-3-4-6-20(17)16-26/h3-6,9-12,19,22H,7-8,13-16H2,1-2H3,(H,24,27)/t22-/m1/s1. The highest BCUT2D eigenvalue weighted by Gasteiger charge is 2.31. The fourth-order valence-corrected chi connectivity index (χ4v) is 3.92. The topological polar surface area (TPSA) is 35.6 Å². The number of anilines is 1. The van der Waals surface area contributed by atoms with Crippen molar-refractivity contribution in [2.24, 2.45) is 5.92 Å². The number of rotatable bonds is 6. The average molecular weight is 364 g/mol. The zero-order valence-electron chi connectivity index (χ0n) is 16.3. The number of hydrogen-bond donors (Lipinski definition) is 1. The van der Waals surface area contributed by atoms with E-state index in [1.165, 1.54) is 22.4 Å². The zero-order valence-corrected chi connectivity index (χ0v) is 16.3. The lowest BCUT2D eigenvalue weighted by atomic mass is 9.96. The molecule has 1 aliphatic carbocycles. The van der Waals surface area contributed by atoms with E-state index in [1.54, 1.807) is 0 Å². The van der Waals surface area contributed by atoms with Crippen LogP contribution in [-0.4, -0.2) is 38.0 Å². The third-order valence-electron chi connectivity index (χ3n) is 5.81. The summed E-state index contributed by atoms with van der Waals surface area (Å²) in [6, 6.07) is 17.7. The van der Waals surface area contributed by atoms with Crippen LogP contribution in [0, 0.1) is 5.92 Å². The van der Waals surface area contributed by atoms with E-state index in [0.29, 0.717) is 6.54 Å². The van der Waals surface area contributed by atoms with Gasteiger partial charge in [-0.3, -0.25) is 9.69 Å². The molecule has 0 unspecified atom stereocenters. The van der Waals surface area contributed by atoms with E-state index in [0.717, 1.165) is 32.4 Å². The first kappa shape index (κ1) is 18.1. The number of nitrogens with one attached hydrogen (secondary N) is 1. The van der Waals surface area contributed by atoms with Crippen LogP contribution in [0.25, 0.3) is 0 Å². The zero-order chi connectivity index (χ0) is 18.8. The molecule has 4 nitrogen and oxygen atoms in total. The normalized spacial score (nSPS) is 17.9. The molecular formula is C23H29N3O. The van der Waals surface area contributed by atoms with Gasteiger partial charge in [-0.05, 0) is 48.1 Å². The van der Waals surface area contributed by atoms with Crippen LogP contribution in [-0.2, 0) is 17.8 Å². The fraction of sp³-hybridized carbons (Fsp3) is 0.435. The largest absolute Gasteiger partial charge is 0.378 e. The summed E-state index contributed by atoms with van der Waals surface area (Å²) >= 11 is 0. The molecular weight excluding hydrogens is 334 g/mol. The van der Waals surface area contributed by atoms with Gasteiger partial charge in [0.05, 0.1) is 6.04 Å². The summed E-state index contributed by atoms with van der Waals surface area (Å²) in [4.78, 5) is 16.9. The Morgan fingerprint density at radius 1 is 1.11 bits per heavy atom. The fourth-order valence-electron chi connectivity index (χ4n) is 3.92. The first-order valence-corrected chi connectivity index (χ1v) is 9.97. The van der Waals surface area contributed by atoms with Gasteiger partial charge in [0, 0.05) is 45.3 Å². The summed E-state index contributed by atoms with van der Waals surface area (Å²) in [5.74, 6) is 0.478. The highest BCUT2D eigenvalue weighted by molar-refractivity contribution is 5.80. The Morgan fingerprint density at radius 2 is 1.81 bits per heavy atom. The molecule has 2 aromatic carbocycles. The first-order valence-electron chi connectivity index (χ1n) is 9.97. The molecule has 0 bridgehead atoms. The minimum Gasteiger partial charge on any atom is -0.378 e. The van der Waals surface area contributed by atoms with E-state index in [2.05, 4.69) is 77.7 Å². The quantitative estimate of drug-likeness (QED) is 0.855. The Labute approximate surface area is 162 Å². The SMILES string of the molecule is CN(C)c1ccc([C@@H](CNC(=O)C2CC2)N2CCc3ccccc3C2)cc1. The summed E-state index contributed by atoms with van der Waals surface area (Å²) in [7, 11) is 4.12. The molecule has 2 aromatic rings. The van der Waals surface area contributed by atoms with E-state index in [-0.39, 0.29) is 17.9 Å². The summed E-state index contributed by atoms with van der Waals surface area (Å²) < 4.78 is 0. The number of carbonyl (C=O) groups is 1. The Kier molecular flexibility index (Phi) is 5.17. The van der Waals surface area contributed by atoms with Crippen molar-refractivity contribution in [3.63, 3.8) is 0 Å². The molecule has 0 radical (unpaired) electrons. The molecule has 1 aliphatic heterocycles. The maximum absolute atomic E-state index is 12.2. The Balaban J connectivity index is 1.54. The van der Waals surface area contributed by atoms with Gasteiger partial charge in [0.2, 0.25) is 5.91 Å². The Morgan fingerprint density at radius 3 is 2.48 bits per heavy atom. The van der Waals surface area contributed by atoms with Crippen LogP contribution in [0.1, 0.15) is 35.6 Å². The van der Waals surface area contributed by atoms with Crippen molar-refractivity contribution < 1.29 is 4.79 Å². The van der Waals surface area contributed by atoms with E-state index in [1.807, 2.05) is 0 Å². The van der Waals surface area contributed by atoms with Crippen molar-refractivity contribution in [2.45, 2.75) is 31.8 Å². The van der Waals surface area contributed by atoms with Crippen LogP contribution in [0.5, 0.6) is 0 Å². The molecule has 142 valence electrons. The molecule has 4 rings (SSSR count). The minimum absolute atomic E-state index is 0.206. The lowest BCUT2D eigenvalue weighted by Crippen LogP contribution is -2.41. The summed E-state index contributed by atoms with van der Waals surface area (Å²) in [6.45, 7) is 2.64. The molecule has 2 aliphatic rings. The van der Waals surface area contributed by atoms with Crippen molar-refractivity contribution in [1.82, 2.24) is 10.2 Å². The highest BCUT2D eigenvalue weighted by Crippen LogP contribution is 2.31. The summed E-state index contributed by atoms with van der Waals surface area (Å²) in [6.07, 6.45) is 3.16. The molecule has 4 heteroatoms. The van der Waals surface area contributed by atoms with Gasteiger partial charge < -0.3 is 10.2 Å². The van der Waals surface area contributed by atoms with Crippen LogP contribution in [0.2, 0.25) is 0 Å². The van der Waals surface area contributed by atoms with Crippen LogP contribution in [0.15, 0.2) is 48.5 Å². The van der Waals surface area contributed by atoms with E-state index >= 15 is 0 Å². The van der Waals surface area contributed by atoms with E-state index in [4.69, 9.17) is 0 Å². The average Bonchev–Trinajstić information content (AvgIpc) is 3.53. The lowest BCUT2D eigenvalue weighted by Gasteiger charge is -2.36. The number of hydrogen-bond acceptors (Lipinski definition) is 3. The van der Waals surface area contributed by atoms with Crippen molar-refractivity contribution in [3.05, 3.63) is 65.2 Å². The molecule has 0 saturated heterocycles. The summed E-state index contributed by atoms with van der Waals surface area (Å²) in [5, 5.41) is 3.21. The highest BCUT2D eigenvalue weighted by atomic mass is 16.2. The van der Waals surface area contributed by atoms with E-state index in [9.17, 15) is 4.79 Å². The molecule has 1 atom stereocenters. The number of carbonyl (C=O) groups excluding carboxylic acids is 1. The number of fused-ring (bicyclic) bond motifs is 1. The van der Waals surface area contributed by atoms with Gasteiger partial charge >= 0.3 is 0 Å². The van der Waals surface area contributed by atoms with E-state index < -0.39 is 0 Å². The van der Waals surface area contributed by atoms with Crippen molar-refractivity contribution in [3.8, 4) is 0 Å². The van der Waals surface area contributed by atoms with Crippen LogP contribution >= 0.6 is 0 Å². The van der Waals surface area contributed by atoms with Crippen LogP contribution < -0.4 is 10.2 Å². The molecule has 0 aromatic heterocycles.